The van der Waals surface area contributed by atoms with Gasteiger partial charge in [0.2, 0.25) is 0 Å². The number of nitrogens with one attached hydrogen (secondary N) is 1. The predicted octanol–water partition coefficient (Wildman–Crippen LogP) is 2.87. The molecule has 0 amide bonds. The van der Waals surface area contributed by atoms with Gasteiger partial charge in [0.15, 0.2) is 9.84 Å². The largest absolute Gasteiger partial charge is 0.417 e. The van der Waals surface area contributed by atoms with Crippen LogP contribution in [0.3, 0.4) is 0 Å². The van der Waals surface area contributed by atoms with Crippen LogP contribution < -0.4 is 5.32 Å². The zero-order valence-corrected chi connectivity index (χ0v) is 12.3. The standard InChI is InChI=1S/C13H18F3NO2S/c1-9(17-3)8-10(2)20(18,19)12-7-5-4-6-11(12)13(14,15)16/h4-7,9-10,17H,8H2,1-3H3. The molecule has 1 rings (SSSR count). The Labute approximate surface area is 117 Å². The number of hydrogen-bond donors (Lipinski definition) is 1. The predicted molar refractivity (Wildman–Crippen MR) is 71.2 cm³/mol. The molecule has 1 aromatic rings. The van der Waals surface area contributed by atoms with Crippen LogP contribution in [0.15, 0.2) is 29.2 Å². The lowest BCUT2D eigenvalue weighted by Crippen LogP contribution is -2.30. The van der Waals surface area contributed by atoms with Crippen molar-refractivity contribution in [3.05, 3.63) is 29.8 Å². The molecule has 2 atom stereocenters. The highest BCUT2D eigenvalue weighted by Crippen LogP contribution is 2.35. The maximum Gasteiger partial charge on any atom is 0.417 e. The van der Waals surface area contributed by atoms with E-state index >= 15 is 0 Å². The van der Waals surface area contributed by atoms with Gasteiger partial charge in [-0.1, -0.05) is 12.1 Å². The van der Waals surface area contributed by atoms with Gasteiger partial charge >= 0.3 is 6.18 Å². The second-order valence-corrected chi connectivity index (χ2v) is 7.11. The van der Waals surface area contributed by atoms with E-state index in [9.17, 15) is 21.6 Å². The number of rotatable bonds is 5. The molecule has 0 heterocycles. The fourth-order valence-electron chi connectivity index (χ4n) is 1.91. The molecule has 0 aliphatic heterocycles. The third kappa shape index (κ3) is 3.73. The van der Waals surface area contributed by atoms with Crippen LogP contribution in [0.25, 0.3) is 0 Å². The molecule has 0 aliphatic carbocycles. The maximum absolute atomic E-state index is 12.9. The summed E-state index contributed by atoms with van der Waals surface area (Å²) in [6.07, 6.45) is -4.44. The summed E-state index contributed by atoms with van der Waals surface area (Å²) < 4.78 is 63.3. The monoisotopic (exact) mass is 309 g/mol. The first-order valence-corrected chi connectivity index (χ1v) is 7.72. The molecule has 0 aromatic heterocycles. The molecule has 0 spiro atoms. The summed E-state index contributed by atoms with van der Waals surface area (Å²) in [4.78, 5) is -0.650. The second-order valence-electron chi connectivity index (χ2n) is 4.77. The minimum absolute atomic E-state index is 0.0992. The molecular formula is C13H18F3NO2S. The van der Waals surface area contributed by atoms with Gasteiger partial charge in [-0.05, 0) is 39.4 Å². The zero-order chi connectivity index (χ0) is 15.6. The first-order chi connectivity index (χ1) is 9.10. The van der Waals surface area contributed by atoms with E-state index in [1.165, 1.54) is 19.1 Å². The Morgan fingerprint density at radius 2 is 1.75 bits per heavy atom. The fourth-order valence-corrected chi connectivity index (χ4v) is 3.64. The van der Waals surface area contributed by atoms with Gasteiger partial charge in [-0.2, -0.15) is 13.2 Å². The fraction of sp³-hybridized carbons (Fsp3) is 0.538. The maximum atomic E-state index is 12.9. The summed E-state index contributed by atoms with van der Waals surface area (Å²) >= 11 is 0. The number of halogens is 3. The Bertz CT molecular complexity index is 555. The molecule has 1 aromatic carbocycles. The zero-order valence-electron chi connectivity index (χ0n) is 11.5. The molecular weight excluding hydrogens is 291 g/mol. The quantitative estimate of drug-likeness (QED) is 0.910. The van der Waals surface area contributed by atoms with E-state index in [0.717, 1.165) is 12.1 Å². The third-order valence-electron chi connectivity index (χ3n) is 3.21. The van der Waals surface area contributed by atoms with E-state index in [1.54, 1.807) is 14.0 Å². The second kappa shape index (κ2) is 6.13. The highest BCUT2D eigenvalue weighted by molar-refractivity contribution is 7.92. The number of hydrogen-bond acceptors (Lipinski definition) is 3. The van der Waals surface area contributed by atoms with Crippen molar-refractivity contribution in [1.82, 2.24) is 5.32 Å². The molecule has 114 valence electrons. The normalized spacial score (nSPS) is 15.9. The van der Waals surface area contributed by atoms with Crippen molar-refractivity contribution in [2.75, 3.05) is 7.05 Å². The van der Waals surface area contributed by atoms with E-state index in [4.69, 9.17) is 0 Å². The van der Waals surface area contributed by atoms with Crippen LogP contribution in [0, 0.1) is 0 Å². The van der Waals surface area contributed by atoms with Crippen LogP contribution in [-0.4, -0.2) is 26.8 Å². The topological polar surface area (TPSA) is 46.2 Å². The van der Waals surface area contributed by atoms with Crippen LogP contribution in [-0.2, 0) is 16.0 Å². The molecule has 0 aliphatic rings. The highest BCUT2D eigenvalue weighted by Gasteiger charge is 2.38. The smallest absolute Gasteiger partial charge is 0.317 e. The molecule has 1 N–H and O–H groups in total. The van der Waals surface area contributed by atoms with Crippen LogP contribution in [0.5, 0.6) is 0 Å². The summed E-state index contributed by atoms with van der Waals surface area (Å²) in [5.41, 5.74) is -1.11. The van der Waals surface area contributed by atoms with E-state index in [1.807, 2.05) is 0 Å². The van der Waals surface area contributed by atoms with E-state index in [2.05, 4.69) is 5.32 Å². The minimum Gasteiger partial charge on any atom is -0.317 e. The van der Waals surface area contributed by atoms with Crippen molar-refractivity contribution in [2.24, 2.45) is 0 Å². The van der Waals surface area contributed by atoms with E-state index in [0.29, 0.717) is 0 Å². The number of alkyl halides is 3. The SMILES string of the molecule is CNC(C)CC(C)S(=O)(=O)c1ccccc1C(F)(F)F. The van der Waals surface area contributed by atoms with E-state index < -0.39 is 31.7 Å². The molecule has 0 fully saturated rings. The summed E-state index contributed by atoms with van der Waals surface area (Å²) in [5.74, 6) is 0. The average Bonchev–Trinajstić information content (AvgIpc) is 2.37. The third-order valence-corrected chi connectivity index (χ3v) is 5.43. The van der Waals surface area contributed by atoms with Gasteiger partial charge in [0.25, 0.3) is 0 Å². The van der Waals surface area contributed by atoms with Gasteiger partial charge in [0, 0.05) is 6.04 Å². The van der Waals surface area contributed by atoms with Crippen molar-refractivity contribution >= 4 is 9.84 Å². The molecule has 3 nitrogen and oxygen atoms in total. The summed E-state index contributed by atoms with van der Waals surface area (Å²) in [5, 5.41) is 1.98. The Morgan fingerprint density at radius 3 is 2.25 bits per heavy atom. The molecule has 0 bridgehead atoms. The van der Waals surface area contributed by atoms with Crippen molar-refractivity contribution in [1.29, 1.82) is 0 Å². The van der Waals surface area contributed by atoms with Gasteiger partial charge in [-0.25, -0.2) is 8.42 Å². The van der Waals surface area contributed by atoms with Gasteiger partial charge in [0.05, 0.1) is 15.7 Å². The summed E-state index contributed by atoms with van der Waals surface area (Å²) in [6.45, 7) is 3.21. The molecule has 20 heavy (non-hydrogen) atoms. The van der Waals surface area contributed by atoms with Gasteiger partial charge in [-0.15, -0.1) is 0 Å². The molecule has 0 saturated carbocycles. The van der Waals surface area contributed by atoms with Crippen molar-refractivity contribution in [2.45, 2.75) is 42.6 Å². The number of sulfone groups is 1. The van der Waals surface area contributed by atoms with Crippen molar-refractivity contribution < 1.29 is 21.6 Å². The Hall–Kier alpha value is -1.08. The minimum atomic E-state index is -4.68. The highest BCUT2D eigenvalue weighted by atomic mass is 32.2. The van der Waals surface area contributed by atoms with Gasteiger partial charge < -0.3 is 5.32 Å². The molecule has 0 saturated heterocycles. The van der Waals surface area contributed by atoms with Gasteiger partial charge in [0.1, 0.15) is 0 Å². The lowest BCUT2D eigenvalue weighted by molar-refractivity contribution is -0.139. The Kier molecular flexibility index (Phi) is 5.21. The molecule has 7 heteroatoms. The molecule has 0 radical (unpaired) electrons. The first-order valence-electron chi connectivity index (χ1n) is 6.18. The average molecular weight is 309 g/mol. The Morgan fingerprint density at radius 1 is 1.20 bits per heavy atom. The van der Waals surface area contributed by atoms with Crippen LogP contribution in [0.2, 0.25) is 0 Å². The van der Waals surface area contributed by atoms with Crippen LogP contribution in [0.4, 0.5) is 13.2 Å². The summed E-state index contributed by atoms with van der Waals surface area (Å²) in [6, 6.07) is 4.19. The Balaban J connectivity index is 3.23. The first kappa shape index (κ1) is 17.0. The van der Waals surface area contributed by atoms with Crippen molar-refractivity contribution in [3.63, 3.8) is 0 Å². The van der Waals surface area contributed by atoms with Gasteiger partial charge in [-0.3, -0.25) is 0 Å². The van der Waals surface area contributed by atoms with Crippen LogP contribution >= 0.6 is 0 Å². The van der Waals surface area contributed by atoms with E-state index in [-0.39, 0.29) is 12.5 Å². The lowest BCUT2D eigenvalue weighted by Gasteiger charge is -2.20. The summed E-state index contributed by atoms with van der Waals surface area (Å²) in [7, 11) is -2.34. The lowest BCUT2D eigenvalue weighted by atomic mass is 10.2. The van der Waals surface area contributed by atoms with Crippen LogP contribution in [0.1, 0.15) is 25.8 Å². The number of benzene rings is 1. The molecule has 2 unspecified atom stereocenters. The van der Waals surface area contributed by atoms with Crippen molar-refractivity contribution in [3.8, 4) is 0 Å².